The van der Waals surface area contributed by atoms with Crippen molar-refractivity contribution in [3.63, 3.8) is 0 Å². The third-order valence-corrected chi connectivity index (χ3v) is 2.89. The number of aromatic nitrogens is 1. The van der Waals surface area contributed by atoms with Crippen LogP contribution in [0.3, 0.4) is 0 Å². The van der Waals surface area contributed by atoms with Gasteiger partial charge in [-0.25, -0.2) is 4.39 Å². The van der Waals surface area contributed by atoms with E-state index in [0.717, 1.165) is 0 Å². The zero-order chi connectivity index (χ0) is 12.6. The van der Waals surface area contributed by atoms with Gasteiger partial charge in [0.25, 0.3) is 0 Å². The van der Waals surface area contributed by atoms with Crippen LogP contribution in [0.4, 0.5) is 4.39 Å². The molecule has 0 spiro atoms. The number of halogens is 2. The molecular formula is C11H10ClFN2O2. The first kappa shape index (κ1) is 11.9. The van der Waals surface area contributed by atoms with Crippen LogP contribution in [-0.4, -0.2) is 22.1 Å². The van der Waals surface area contributed by atoms with Gasteiger partial charge in [-0.1, -0.05) is 11.6 Å². The number of benzene rings is 1. The molecule has 0 saturated heterocycles. The van der Waals surface area contributed by atoms with E-state index in [2.05, 4.69) is 4.98 Å². The quantitative estimate of drug-likeness (QED) is 0.785. The number of hydrogen-bond acceptors (Lipinski definition) is 2. The van der Waals surface area contributed by atoms with Gasteiger partial charge in [-0.15, -0.1) is 0 Å². The average molecular weight is 257 g/mol. The molecule has 1 unspecified atom stereocenters. The fourth-order valence-electron chi connectivity index (χ4n) is 1.72. The Labute approximate surface area is 101 Å². The van der Waals surface area contributed by atoms with Crippen LogP contribution in [0.2, 0.25) is 5.02 Å². The Morgan fingerprint density at radius 2 is 2.29 bits per heavy atom. The number of carboxylic acid groups (broad SMARTS) is 1. The third kappa shape index (κ3) is 2.11. The standard InChI is InChI=1S/C11H10ClFN2O2/c12-6-1-2-7(13)9-5(4-15-10(6)9)3-8(14)11(16)17/h1-2,4,8,15H,3,14H2,(H,16,17). The average Bonchev–Trinajstić information content (AvgIpc) is 2.68. The highest BCUT2D eigenvalue weighted by atomic mass is 35.5. The summed E-state index contributed by atoms with van der Waals surface area (Å²) in [7, 11) is 0. The van der Waals surface area contributed by atoms with E-state index in [0.29, 0.717) is 21.5 Å². The van der Waals surface area contributed by atoms with Gasteiger partial charge in [0.05, 0.1) is 10.5 Å². The van der Waals surface area contributed by atoms with Crippen molar-refractivity contribution in [2.24, 2.45) is 5.73 Å². The lowest BCUT2D eigenvalue weighted by Crippen LogP contribution is -2.32. The van der Waals surface area contributed by atoms with E-state index >= 15 is 0 Å². The number of aliphatic carboxylic acids is 1. The van der Waals surface area contributed by atoms with Crippen molar-refractivity contribution in [3.8, 4) is 0 Å². The topological polar surface area (TPSA) is 79.1 Å². The molecule has 0 fully saturated rings. The van der Waals surface area contributed by atoms with Gasteiger partial charge in [0.2, 0.25) is 0 Å². The first-order valence-corrected chi connectivity index (χ1v) is 5.31. The predicted molar refractivity (Wildman–Crippen MR) is 62.6 cm³/mol. The van der Waals surface area contributed by atoms with Crippen molar-refractivity contribution >= 4 is 28.5 Å². The molecule has 0 bridgehead atoms. The molecule has 0 radical (unpaired) electrons. The molecule has 17 heavy (non-hydrogen) atoms. The largest absolute Gasteiger partial charge is 0.480 e. The second-order valence-electron chi connectivity index (χ2n) is 3.74. The minimum Gasteiger partial charge on any atom is -0.480 e. The number of aromatic amines is 1. The maximum absolute atomic E-state index is 13.6. The van der Waals surface area contributed by atoms with Crippen LogP contribution in [0.15, 0.2) is 18.3 Å². The molecule has 0 aliphatic rings. The molecule has 1 aromatic carbocycles. The number of H-pyrrole nitrogens is 1. The van der Waals surface area contributed by atoms with Crippen molar-refractivity contribution in [1.82, 2.24) is 4.98 Å². The van der Waals surface area contributed by atoms with Gasteiger partial charge in [0.1, 0.15) is 11.9 Å². The Hall–Kier alpha value is -1.59. The van der Waals surface area contributed by atoms with E-state index in [1.807, 2.05) is 0 Å². The third-order valence-electron chi connectivity index (χ3n) is 2.57. The lowest BCUT2D eigenvalue weighted by atomic mass is 10.1. The number of nitrogens with one attached hydrogen (secondary N) is 1. The van der Waals surface area contributed by atoms with Crippen LogP contribution in [0.25, 0.3) is 10.9 Å². The summed E-state index contributed by atoms with van der Waals surface area (Å²) in [6.45, 7) is 0. The number of fused-ring (bicyclic) bond motifs is 1. The van der Waals surface area contributed by atoms with E-state index < -0.39 is 17.8 Å². The zero-order valence-corrected chi connectivity index (χ0v) is 9.46. The molecule has 6 heteroatoms. The summed E-state index contributed by atoms with van der Waals surface area (Å²) >= 11 is 5.90. The normalized spacial score (nSPS) is 12.9. The van der Waals surface area contributed by atoms with Gasteiger partial charge in [0.15, 0.2) is 0 Å². The molecule has 90 valence electrons. The highest BCUT2D eigenvalue weighted by Gasteiger charge is 2.17. The molecular weight excluding hydrogens is 247 g/mol. The minimum absolute atomic E-state index is 0.0482. The molecule has 2 aromatic rings. The molecule has 2 rings (SSSR count). The van der Waals surface area contributed by atoms with E-state index in [1.165, 1.54) is 18.3 Å². The van der Waals surface area contributed by atoms with Crippen molar-refractivity contribution in [1.29, 1.82) is 0 Å². The van der Waals surface area contributed by atoms with E-state index in [-0.39, 0.29) is 6.42 Å². The number of nitrogens with two attached hydrogens (primary N) is 1. The van der Waals surface area contributed by atoms with Crippen molar-refractivity contribution in [2.75, 3.05) is 0 Å². The van der Waals surface area contributed by atoms with E-state index in [4.69, 9.17) is 22.4 Å². The summed E-state index contributed by atoms with van der Waals surface area (Å²) in [6, 6.07) is 1.62. The number of carbonyl (C=O) groups is 1. The fourth-order valence-corrected chi connectivity index (χ4v) is 1.94. The summed E-state index contributed by atoms with van der Waals surface area (Å²) in [4.78, 5) is 13.5. The van der Waals surface area contributed by atoms with Crippen LogP contribution in [0, 0.1) is 5.82 Å². The van der Waals surface area contributed by atoms with Crippen molar-refractivity contribution in [3.05, 3.63) is 34.7 Å². The van der Waals surface area contributed by atoms with E-state index in [1.54, 1.807) is 0 Å². The lowest BCUT2D eigenvalue weighted by Gasteiger charge is -2.05. The molecule has 4 nitrogen and oxygen atoms in total. The van der Waals surface area contributed by atoms with E-state index in [9.17, 15) is 9.18 Å². The van der Waals surface area contributed by atoms with Gasteiger partial charge in [-0.3, -0.25) is 4.79 Å². The van der Waals surface area contributed by atoms with Gasteiger partial charge < -0.3 is 15.8 Å². The second-order valence-corrected chi connectivity index (χ2v) is 4.15. The highest BCUT2D eigenvalue weighted by Crippen LogP contribution is 2.28. The first-order valence-electron chi connectivity index (χ1n) is 4.93. The minimum atomic E-state index is -1.12. The smallest absolute Gasteiger partial charge is 0.320 e. The summed E-state index contributed by atoms with van der Waals surface area (Å²) in [5.74, 6) is -1.57. The number of hydrogen-bond donors (Lipinski definition) is 3. The maximum Gasteiger partial charge on any atom is 0.320 e. The molecule has 1 aromatic heterocycles. The molecule has 1 heterocycles. The molecule has 0 saturated carbocycles. The summed E-state index contributed by atoms with van der Waals surface area (Å²) in [6.07, 6.45) is 1.58. The Balaban J connectivity index is 2.49. The molecule has 0 amide bonds. The molecule has 1 atom stereocenters. The van der Waals surface area contributed by atoms with Crippen LogP contribution >= 0.6 is 11.6 Å². The summed E-state index contributed by atoms with van der Waals surface area (Å²) < 4.78 is 13.6. The summed E-state index contributed by atoms with van der Waals surface area (Å²) in [5.41, 5.74) is 6.38. The fraction of sp³-hybridized carbons (Fsp3) is 0.182. The van der Waals surface area contributed by atoms with Crippen LogP contribution in [0.5, 0.6) is 0 Å². The Bertz CT molecular complexity index is 582. The molecule has 0 aliphatic carbocycles. The first-order chi connectivity index (χ1) is 8.00. The SMILES string of the molecule is NC(Cc1c[nH]c2c(Cl)ccc(F)c12)C(=O)O. The van der Waals surface area contributed by atoms with Crippen LogP contribution < -0.4 is 5.73 Å². The monoisotopic (exact) mass is 256 g/mol. The van der Waals surface area contributed by atoms with Gasteiger partial charge in [-0.2, -0.15) is 0 Å². The predicted octanol–water partition coefficient (Wildman–Crippen LogP) is 1.91. The Kier molecular flexibility index (Phi) is 3.04. The van der Waals surface area contributed by atoms with Crippen molar-refractivity contribution < 1.29 is 14.3 Å². The van der Waals surface area contributed by atoms with Gasteiger partial charge in [-0.05, 0) is 17.7 Å². The highest BCUT2D eigenvalue weighted by molar-refractivity contribution is 6.35. The Morgan fingerprint density at radius 3 is 2.94 bits per heavy atom. The molecule has 4 N–H and O–H groups in total. The lowest BCUT2D eigenvalue weighted by molar-refractivity contribution is -0.138. The zero-order valence-electron chi connectivity index (χ0n) is 8.71. The summed E-state index contributed by atoms with van der Waals surface area (Å²) in [5, 5.41) is 9.41. The second kappa shape index (κ2) is 4.35. The van der Waals surface area contributed by atoms with Crippen LogP contribution in [0.1, 0.15) is 5.56 Å². The van der Waals surface area contributed by atoms with Gasteiger partial charge >= 0.3 is 5.97 Å². The Morgan fingerprint density at radius 1 is 1.59 bits per heavy atom. The number of carboxylic acids is 1. The molecule has 0 aliphatic heterocycles. The van der Waals surface area contributed by atoms with Gasteiger partial charge in [0, 0.05) is 18.0 Å². The van der Waals surface area contributed by atoms with Crippen LogP contribution in [-0.2, 0) is 11.2 Å². The van der Waals surface area contributed by atoms with Crippen molar-refractivity contribution in [2.45, 2.75) is 12.5 Å². The number of rotatable bonds is 3. The maximum atomic E-state index is 13.6.